The quantitative estimate of drug-likeness (QED) is 0.664. The lowest BCUT2D eigenvalue weighted by molar-refractivity contribution is 0.102. The van der Waals surface area contributed by atoms with E-state index in [9.17, 15) is 4.79 Å². The van der Waals surface area contributed by atoms with Gasteiger partial charge < -0.3 is 15.4 Å². The lowest BCUT2D eigenvalue weighted by Gasteiger charge is -2.11. The number of rotatable bonds is 6. The molecule has 0 saturated carbocycles. The van der Waals surface area contributed by atoms with Crippen molar-refractivity contribution in [2.24, 2.45) is 0 Å². The molecule has 0 aliphatic carbocycles. The summed E-state index contributed by atoms with van der Waals surface area (Å²) in [6.45, 7) is 2.52. The minimum atomic E-state index is -0.351. The third-order valence-corrected chi connectivity index (χ3v) is 4.13. The summed E-state index contributed by atoms with van der Waals surface area (Å²) in [7, 11) is 1.56. The molecule has 0 atom stereocenters. The number of hydrogen-bond acceptors (Lipinski definition) is 5. The van der Waals surface area contributed by atoms with Crippen molar-refractivity contribution in [2.75, 3.05) is 17.7 Å². The lowest BCUT2D eigenvalue weighted by Crippen LogP contribution is -2.15. The van der Waals surface area contributed by atoms with Crippen LogP contribution in [0, 0.1) is 6.92 Å². The van der Waals surface area contributed by atoms with Crippen molar-refractivity contribution in [1.29, 1.82) is 0 Å². The van der Waals surface area contributed by atoms with Crippen LogP contribution in [0.5, 0.6) is 5.75 Å². The zero-order valence-corrected chi connectivity index (χ0v) is 15.7. The molecule has 6 nitrogen and oxygen atoms in total. The predicted octanol–water partition coefficient (Wildman–Crippen LogP) is 4.31. The van der Waals surface area contributed by atoms with Gasteiger partial charge in [0.05, 0.1) is 25.2 Å². The Morgan fingerprint density at radius 2 is 1.89 bits per heavy atom. The van der Waals surface area contributed by atoms with Gasteiger partial charge in [-0.2, -0.15) is 0 Å². The molecular weight excluding hydrogens is 364 g/mol. The number of carbonyl (C=O) groups excluding carboxylic acids is 1. The zero-order chi connectivity index (χ0) is 19.2. The van der Waals surface area contributed by atoms with E-state index in [1.807, 2.05) is 43.3 Å². The number of aromatic nitrogens is 2. The van der Waals surface area contributed by atoms with Crippen molar-refractivity contribution in [3.05, 3.63) is 76.7 Å². The summed E-state index contributed by atoms with van der Waals surface area (Å²) in [5.41, 5.74) is 2.89. The highest BCUT2D eigenvalue weighted by atomic mass is 35.5. The molecular formula is C20H19ClN4O2. The smallest absolute Gasteiger partial charge is 0.275 e. The fourth-order valence-corrected chi connectivity index (χ4v) is 2.56. The van der Waals surface area contributed by atoms with Gasteiger partial charge in [-0.15, -0.1) is 0 Å². The Balaban J connectivity index is 1.63. The molecule has 1 amide bonds. The average Bonchev–Trinajstić information content (AvgIpc) is 2.68. The summed E-state index contributed by atoms with van der Waals surface area (Å²) < 4.78 is 5.27. The first-order valence-corrected chi connectivity index (χ1v) is 8.69. The molecule has 0 saturated heterocycles. The van der Waals surface area contributed by atoms with Gasteiger partial charge in [-0.05, 0) is 42.3 Å². The molecule has 0 spiro atoms. The second kappa shape index (κ2) is 8.51. The maximum absolute atomic E-state index is 12.4. The third kappa shape index (κ3) is 4.95. The maximum Gasteiger partial charge on any atom is 0.275 e. The molecule has 1 heterocycles. The minimum absolute atomic E-state index is 0.218. The standard InChI is InChI=1S/C20H19ClN4O2/c1-13-3-8-18(27-2)16(9-13)25-20(26)17-11-24-19(12-22-17)23-10-14-4-6-15(21)7-5-14/h3-9,11-12H,10H2,1-2H3,(H,23,24)(H,25,26). The van der Waals surface area contributed by atoms with Crippen LogP contribution < -0.4 is 15.4 Å². The Kier molecular flexibility index (Phi) is 5.88. The maximum atomic E-state index is 12.4. The van der Waals surface area contributed by atoms with Crippen molar-refractivity contribution in [2.45, 2.75) is 13.5 Å². The van der Waals surface area contributed by atoms with Gasteiger partial charge in [0.1, 0.15) is 17.3 Å². The van der Waals surface area contributed by atoms with Crippen LogP contribution in [0.15, 0.2) is 54.9 Å². The van der Waals surface area contributed by atoms with Gasteiger partial charge in [-0.1, -0.05) is 29.8 Å². The summed E-state index contributed by atoms with van der Waals surface area (Å²) in [4.78, 5) is 20.8. The van der Waals surface area contributed by atoms with Gasteiger partial charge >= 0.3 is 0 Å². The first-order chi connectivity index (χ1) is 13.0. The molecule has 0 unspecified atom stereocenters. The number of anilines is 2. The van der Waals surface area contributed by atoms with Gasteiger partial charge in [0.15, 0.2) is 0 Å². The Labute approximate surface area is 162 Å². The molecule has 3 rings (SSSR count). The first kappa shape index (κ1) is 18.7. The second-order valence-electron chi connectivity index (χ2n) is 5.92. The van der Waals surface area contributed by atoms with Crippen LogP contribution in [0.25, 0.3) is 0 Å². The number of benzene rings is 2. The number of halogens is 1. The fourth-order valence-electron chi connectivity index (χ4n) is 2.44. The number of nitrogens with zero attached hydrogens (tertiary/aromatic N) is 2. The fraction of sp³-hybridized carbons (Fsp3) is 0.150. The Morgan fingerprint density at radius 3 is 2.56 bits per heavy atom. The summed E-state index contributed by atoms with van der Waals surface area (Å²) in [5.74, 6) is 0.813. The molecule has 0 bridgehead atoms. The van der Waals surface area contributed by atoms with Crippen molar-refractivity contribution < 1.29 is 9.53 Å². The van der Waals surface area contributed by atoms with E-state index in [0.717, 1.165) is 11.1 Å². The average molecular weight is 383 g/mol. The number of nitrogens with one attached hydrogen (secondary N) is 2. The molecule has 138 valence electrons. The van der Waals surface area contributed by atoms with Gasteiger partial charge in [0, 0.05) is 11.6 Å². The summed E-state index contributed by atoms with van der Waals surface area (Å²) in [5, 5.41) is 6.65. The molecule has 1 aromatic heterocycles. The number of ether oxygens (including phenoxy) is 1. The highest BCUT2D eigenvalue weighted by molar-refractivity contribution is 6.30. The Bertz CT molecular complexity index is 928. The topological polar surface area (TPSA) is 76.1 Å². The van der Waals surface area contributed by atoms with Crippen LogP contribution >= 0.6 is 11.6 Å². The van der Waals surface area contributed by atoms with Gasteiger partial charge in [-0.25, -0.2) is 9.97 Å². The van der Waals surface area contributed by atoms with E-state index < -0.39 is 0 Å². The van der Waals surface area contributed by atoms with E-state index in [0.29, 0.717) is 28.8 Å². The summed E-state index contributed by atoms with van der Waals surface area (Å²) >= 11 is 5.87. The van der Waals surface area contributed by atoms with Crippen molar-refractivity contribution >= 4 is 29.0 Å². The number of hydrogen-bond donors (Lipinski definition) is 2. The number of methoxy groups -OCH3 is 1. The predicted molar refractivity (Wildman–Crippen MR) is 106 cm³/mol. The van der Waals surface area contributed by atoms with Gasteiger partial charge in [0.25, 0.3) is 5.91 Å². The van der Waals surface area contributed by atoms with E-state index in [4.69, 9.17) is 16.3 Å². The summed E-state index contributed by atoms with van der Waals surface area (Å²) in [6, 6.07) is 13.1. The Hall–Kier alpha value is -3.12. The SMILES string of the molecule is COc1ccc(C)cc1NC(=O)c1cnc(NCc2ccc(Cl)cc2)cn1. The molecule has 2 aromatic carbocycles. The monoisotopic (exact) mass is 382 g/mol. The minimum Gasteiger partial charge on any atom is -0.495 e. The van der Waals surface area contributed by atoms with Crippen molar-refractivity contribution in [1.82, 2.24) is 9.97 Å². The molecule has 0 radical (unpaired) electrons. The molecule has 0 aliphatic heterocycles. The van der Waals surface area contributed by atoms with Gasteiger partial charge in [0.2, 0.25) is 0 Å². The highest BCUT2D eigenvalue weighted by Gasteiger charge is 2.12. The van der Waals surface area contributed by atoms with Crippen LogP contribution in [-0.4, -0.2) is 23.0 Å². The third-order valence-electron chi connectivity index (χ3n) is 3.87. The molecule has 27 heavy (non-hydrogen) atoms. The second-order valence-corrected chi connectivity index (χ2v) is 6.36. The van der Waals surface area contributed by atoms with Crippen LogP contribution in [0.2, 0.25) is 5.02 Å². The lowest BCUT2D eigenvalue weighted by atomic mass is 10.2. The Morgan fingerprint density at radius 1 is 1.11 bits per heavy atom. The highest BCUT2D eigenvalue weighted by Crippen LogP contribution is 2.25. The number of carbonyl (C=O) groups is 1. The van der Waals surface area contributed by atoms with E-state index in [2.05, 4.69) is 20.6 Å². The molecule has 0 fully saturated rings. The van der Waals surface area contributed by atoms with E-state index in [-0.39, 0.29) is 11.6 Å². The number of aryl methyl sites for hydroxylation is 1. The normalized spacial score (nSPS) is 10.3. The molecule has 7 heteroatoms. The van der Waals surface area contributed by atoms with Crippen LogP contribution in [0.1, 0.15) is 21.6 Å². The van der Waals surface area contributed by atoms with E-state index >= 15 is 0 Å². The molecule has 3 aromatic rings. The summed E-state index contributed by atoms with van der Waals surface area (Å²) in [6.07, 6.45) is 2.96. The van der Waals surface area contributed by atoms with Gasteiger partial charge in [-0.3, -0.25) is 4.79 Å². The van der Waals surface area contributed by atoms with E-state index in [1.54, 1.807) is 13.2 Å². The molecule has 0 aliphatic rings. The van der Waals surface area contributed by atoms with Crippen LogP contribution in [-0.2, 0) is 6.54 Å². The number of amides is 1. The first-order valence-electron chi connectivity index (χ1n) is 8.31. The van der Waals surface area contributed by atoms with Crippen molar-refractivity contribution in [3.63, 3.8) is 0 Å². The van der Waals surface area contributed by atoms with Crippen molar-refractivity contribution in [3.8, 4) is 5.75 Å². The van der Waals surface area contributed by atoms with Crippen LogP contribution in [0.4, 0.5) is 11.5 Å². The van der Waals surface area contributed by atoms with E-state index in [1.165, 1.54) is 12.4 Å². The largest absolute Gasteiger partial charge is 0.495 e. The van der Waals surface area contributed by atoms with Crippen LogP contribution in [0.3, 0.4) is 0 Å². The molecule has 2 N–H and O–H groups in total. The zero-order valence-electron chi connectivity index (χ0n) is 15.0.